The van der Waals surface area contributed by atoms with Crippen molar-refractivity contribution in [3.05, 3.63) is 58.6 Å². The lowest BCUT2D eigenvalue weighted by Gasteiger charge is -2.21. The molecule has 0 bridgehead atoms. The number of amides is 1. The van der Waals surface area contributed by atoms with E-state index in [4.69, 9.17) is 16.3 Å². The maximum Gasteiger partial charge on any atom is 0.261 e. The smallest absolute Gasteiger partial charge is 0.261 e. The Bertz CT molecular complexity index is 910. The molecule has 2 aromatic carbocycles. The molecule has 0 unspecified atom stereocenters. The molecule has 27 heavy (non-hydrogen) atoms. The molecule has 0 heterocycles. The minimum absolute atomic E-state index is 0.232. The van der Waals surface area contributed by atoms with Crippen LogP contribution in [0.2, 0.25) is 5.02 Å². The highest BCUT2D eigenvalue weighted by Gasteiger charge is 2.20. The van der Waals surface area contributed by atoms with Gasteiger partial charge in [0.1, 0.15) is 5.75 Å². The molecule has 7 heteroatoms. The number of halogens is 1. The van der Waals surface area contributed by atoms with E-state index >= 15 is 0 Å². The Balaban J connectivity index is 2.06. The third-order valence-corrected chi connectivity index (χ3v) is 5.80. The van der Waals surface area contributed by atoms with Crippen LogP contribution >= 0.6 is 11.6 Å². The van der Waals surface area contributed by atoms with Crippen molar-refractivity contribution in [2.24, 2.45) is 0 Å². The molecule has 0 aliphatic heterocycles. The molecule has 0 spiro atoms. The Morgan fingerprint density at radius 2 is 1.81 bits per heavy atom. The lowest BCUT2D eigenvalue weighted by Crippen LogP contribution is -2.38. The van der Waals surface area contributed by atoms with Crippen molar-refractivity contribution in [1.29, 1.82) is 0 Å². The summed E-state index contributed by atoms with van der Waals surface area (Å²) in [6.07, 6.45) is 1.14. The molecule has 146 valence electrons. The van der Waals surface area contributed by atoms with Crippen molar-refractivity contribution < 1.29 is 17.9 Å². The van der Waals surface area contributed by atoms with Crippen molar-refractivity contribution in [1.82, 2.24) is 5.32 Å². The molecule has 1 N–H and O–H groups in total. The third-order valence-electron chi connectivity index (χ3n) is 4.25. The maximum atomic E-state index is 12.5. The highest BCUT2D eigenvalue weighted by Crippen LogP contribution is 2.23. The first kappa shape index (κ1) is 21.3. The SMILES string of the molecule is CC[C@@H](NC(=O)[C@@H](C)Oc1ccc(Cl)c(C)c1)c1ccc(S(C)(=O)=O)cc1. The fourth-order valence-electron chi connectivity index (χ4n) is 2.61. The molecule has 2 atom stereocenters. The molecule has 1 amide bonds. The van der Waals surface area contributed by atoms with Gasteiger partial charge in [0.05, 0.1) is 10.9 Å². The lowest BCUT2D eigenvalue weighted by atomic mass is 10.0. The maximum absolute atomic E-state index is 12.5. The minimum Gasteiger partial charge on any atom is -0.481 e. The monoisotopic (exact) mass is 409 g/mol. The first-order chi connectivity index (χ1) is 12.6. The second-order valence-electron chi connectivity index (χ2n) is 6.48. The molecule has 2 aromatic rings. The van der Waals surface area contributed by atoms with Gasteiger partial charge in [0, 0.05) is 11.3 Å². The summed E-state index contributed by atoms with van der Waals surface area (Å²) >= 11 is 6.00. The van der Waals surface area contributed by atoms with Crippen LogP contribution in [0.15, 0.2) is 47.4 Å². The number of hydrogen-bond acceptors (Lipinski definition) is 4. The number of aryl methyl sites for hydroxylation is 1. The van der Waals surface area contributed by atoms with Crippen LogP contribution in [0.4, 0.5) is 0 Å². The number of ether oxygens (including phenoxy) is 1. The van der Waals surface area contributed by atoms with E-state index in [1.807, 2.05) is 13.8 Å². The van der Waals surface area contributed by atoms with Gasteiger partial charge in [-0.2, -0.15) is 0 Å². The molecule has 5 nitrogen and oxygen atoms in total. The molecular weight excluding hydrogens is 386 g/mol. The van der Waals surface area contributed by atoms with Crippen molar-refractivity contribution >= 4 is 27.3 Å². The van der Waals surface area contributed by atoms with Crippen LogP contribution in [0.3, 0.4) is 0 Å². The number of nitrogens with one attached hydrogen (secondary N) is 1. The van der Waals surface area contributed by atoms with Crippen LogP contribution in [-0.4, -0.2) is 26.7 Å². The predicted molar refractivity (Wildman–Crippen MR) is 107 cm³/mol. The first-order valence-corrected chi connectivity index (χ1v) is 10.9. The summed E-state index contributed by atoms with van der Waals surface area (Å²) < 4.78 is 28.9. The largest absolute Gasteiger partial charge is 0.481 e. The Morgan fingerprint density at radius 1 is 1.19 bits per heavy atom. The highest BCUT2D eigenvalue weighted by molar-refractivity contribution is 7.90. The summed E-state index contributed by atoms with van der Waals surface area (Å²) in [6, 6.07) is 11.6. The van der Waals surface area contributed by atoms with Gasteiger partial charge in [-0.3, -0.25) is 4.79 Å². The van der Waals surface area contributed by atoms with Gasteiger partial charge in [0.25, 0.3) is 5.91 Å². The normalized spacial score (nSPS) is 13.7. The summed E-state index contributed by atoms with van der Waals surface area (Å²) in [7, 11) is -3.25. The van der Waals surface area contributed by atoms with Gasteiger partial charge in [-0.1, -0.05) is 30.7 Å². The Hall–Kier alpha value is -2.05. The molecule has 0 aromatic heterocycles. The van der Waals surface area contributed by atoms with Crippen LogP contribution in [0.1, 0.15) is 37.4 Å². The molecule has 0 aliphatic carbocycles. The zero-order chi connectivity index (χ0) is 20.2. The first-order valence-electron chi connectivity index (χ1n) is 8.65. The summed E-state index contributed by atoms with van der Waals surface area (Å²) in [5.41, 5.74) is 1.71. The Morgan fingerprint density at radius 3 is 2.33 bits per heavy atom. The number of rotatable bonds is 7. The average molecular weight is 410 g/mol. The van der Waals surface area contributed by atoms with Gasteiger partial charge >= 0.3 is 0 Å². The minimum atomic E-state index is -3.25. The van der Waals surface area contributed by atoms with Crippen LogP contribution in [0.25, 0.3) is 0 Å². The van der Waals surface area contributed by atoms with E-state index in [1.54, 1.807) is 49.4 Å². The summed E-state index contributed by atoms with van der Waals surface area (Å²) in [5, 5.41) is 3.59. The van der Waals surface area contributed by atoms with E-state index in [0.29, 0.717) is 17.2 Å². The van der Waals surface area contributed by atoms with Crippen molar-refractivity contribution in [2.45, 2.75) is 44.2 Å². The van der Waals surface area contributed by atoms with Gasteiger partial charge in [-0.25, -0.2) is 8.42 Å². The number of carbonyl (C=O) groups excluding carboxylic acids is 1. The molecule has 0 aliphatic rings. The van der Waals surface area contributed by atoms with Crippen LogP contribution < -0.4 is 10.1 Å². The fraction of sp³-hybridized carbons (Fsp3) is 0.350. The highest BCUT2D eigenvalue weighted by atomic mass is 35.5. The average Bonchev–Trinajstić information content (AvgIpc) is 2.62. The molecule has 0 radical (unpaired) electrons. The standard InChI is InChI=1S/C20H24ClNO4S/c1-5-19(15-6-9-17(10-7-15)27(4,24)25)22-20(23)14(3)26-16-8-11-18(21)13(2)12-16/h6-12,14,19H,5H2,1-4H3,(H,22,23)/t14-,19-/m1/s1. The van der Waals surface area contributed by atoms with Crippen LogP contribution in [0, 0.1) is 6.92 Å². The van der Waals surface area contributed by atoms with E-state index in [-0.39, 0.29) is 16.8 Å². The molecule has 0 saturated carbocycles. The third kappa shape index (κ3) is 5.71. The number of hydrogen-bond donors (Lipinski definition) is 1. The van der Waals surface area contributed by atoms with E-state index in [9.17, 15) is 13.2 Å². The van der Waals surface area contributed by atoms with Crippen LogP contribution in [-0.2, 0) is 14.6 Å². The van der Waals surface area contributed by atoms with Gasteiger partial charge in [0.2, 0.25) is 0 Å². The predicted octanol–water partition coefficient (Wildman–Crippen LogP) is 4.09. The van der Waals surface area contributed by atoms with E-state index in [1.165, 1.54) is 6.26 Å². The molecular formula is C20H24ClNO4S. The van der Waals surface area contributed by atoms with Crippen molar-refractivity contribution in [2.75, 3.05) is 6.26 Å². The number of sulfone groups is 1. The second-order valence-corrected chi connectivity index (χ2v) is 8.90. The summed E-state index contributed by atoms with van der Waals surface area (Å²) in [5.74, 6) is 0.326. The molecule has 0 fully saturated rings. The van der Waals surface area contributed by atoms with Crippen LogP contribution in [0.5, 0.6) is 5.75 Å². The topological polar surface area (TPSA) is 72.5 Å². The number of benzene rings is 2. The molecule has 2 rings (SSSR count). The van der Waals surface area contributed by atoms with Gasteiger partial charge in [-0.05, 0) is 61.7 Å². The Kier molecular flexibility index (Phi) is 6.89. The van der Waals surface area contributed by atoms with E-state index < -0.39 is 15.9 Å². The summed E-state index contributed by atoms with van der Waals surface area (Å²) in [6.45, 7) is 5.50. The van der Waals surface area contributed by atoms with Gasteiger partial charge in [0.15, 0.2) is 15.9 Å². The van der Waals surface area contributed by atoms with Gasteiger partial charge in [-0.15, -0.1) is 0 Å². The van der Waals surface area contributed by atoms with E-state index in [2.05, 4.69) is 5.32 Å². The van der Waals surface area contributed by atoms with Crippen molar-refractivity contribution in [3.8, 4) is 5.75 Å². The Labute approximate surface area is 165 Å². The van der Waals surface area contributed by atoms with Crippen molar-refractivity contribution in [3.63, 3.8) is 0 Å². The van der Waals surface area contributed by atoms with E-state index in [0.717, 1.165) is 11.1 Å². The zero-order valence-corrected chi connectivity index (χ0v) is 17.4. The van der Waals surface area contributed by atoms with Gasteiger partial charge < -0.3 is 10.1 Å². The fourth-order valence-corrected chi connectivity index (χ4v) is 3.35. The lowest BCUT2D eigenvalue weighted by molar-refractivity contribution is -0.128. The second kappa shape index (κ2) is 8.76. The zero-order valence-electron chi connectivity index (χ0n) is 15.8. The number of carbonyl (C=O) groups is 1. The summed E-state index contributed by atoms with van der Waals surface area (Å²) in [4.78, 5) is 12.8. The molecule has 0 saturated heterocycles. The quantitative estimate of drug-likeness (QED) is 0.747.